The number of hydrogen-bond donors (Lipinski definition) is 3. The fraction of sp³-hybridized carbons (Fsp3) is 0.818. The van der Waals surface area contributed by atoms with Gasteiger partial charge in [-0.05, 0) is 19.4 Å². The molecule has 1 atom stereocenters. The highest BCUT2D eigenvalue weighted by Crippen LogP contribution is 2.01. The van der Waals surface area contributed by atoms with Gasteiger partial charge in [-0.25, -0.2) is 9.59 Å². The van der Waals surface area contributed by atoms with Gasteiger partial charge < -0.3 is 20.6 Å². The molecule has 1 aliphatic rings. The molecule has 2 amide bonds. The molecule has 6 nitrogen and oxygen atoms in total. The van der Waals surface area contributed by atoms with Crippen LogP contribution in [0, 0.1) is 0 Å². The normalized spacial score (nSPS) is 18.3. The van der Waals surface area contributed by atoms with Gasteiger partial charge in [-0.3, -0.25) is 0 Å². The molecule has 6 heteroatoms. The van der Waals surface area contributed by atoms with E-state index in [1.165, 1.54) is 0 Å². The van der Waals surface area contributed by atoms with Crippen LogP contribution < -0.4 is 10.6 Å². The number of carbonyl (C=O) groups excluding carboxylic acids is 1. The summed E-state index contributed by atoms with van der Waals surface area (Å²) in [6.45, 7) is 4.87. The Kier molecular flexibility index (Phi) is 5.76. The number of nitrogens with one attached hydrogen (secondary N) is 2. The second-order valence-electron chi connectivity index (χ2n) is 4.22. The Bertz CT molecular complexity index is 263. The molecule has 3 N–H and O–H groups in total. The highest BCUT2D eigenvalue weighted by atomic mass is 16.4. The Morgan fingerprint density at radius 1 is 1.41 bits per heavy atom. The minimum Gasteiger partial charge on any atom is -0.480 e. The van der Waals surface area contributed by atoms with Crippen molar-refractivity contribution >= 4 is 12.0 Å². The monoisotopic (exact) mass is 243 g/mol. The van der Waals surface area contributed by atoms with E-state index < -0.39 is 12.0 Å². The minimum atomic E-state index is -0.965. The van der Waals surface area contributed by atoms with E-state index in [-0.39, 0.29) is 6.03 Å². The zero-order valence-corrected chi connectivity index (χ0v) is 10.2. The molecule has 0 radical (unpaired) electrons. The molecular formula is C11H21N3O3. The van der Waals surface area contributed by atoms with Gasteiger partial charge in [0.25, 0.3) is 0 Å². The molecule has 0 aliphatic carbocycles. The summed E-state index contributed by atoms with van der Waals surface area (Å²) < 4.78 is 0. The number of urea groups is 1. The predicted molar refractivity (Wildman–Crippen MR) is 63.9 cm³/mol. The quantitative estimate of drug-likeness (QED) is 0.661. The SMILES string of the molecule is CCCC(NC(=O)N1CCCNCC1)C(=O)O. The molecule has 0 saturated carbocycles. The third-order valence-electron chi connectivity index (χ3n) is 2.80. The van der Waals surface area contributed by atoms with Gasteiger partial charge in [0.1, 0.15) is 6.04 Å². The number of carboxylic acid groups (broad SMARTS) is 1. The molecule has 0 spiro atoms. The number of nitrogens with zero attached hydrogens (tertiary/aromatic N) is 1. The van der Waals surface area contributed by atoms with Gasteiger partial charge in [-0.1, -0.05) is 13.3 Å². The zero-order chi connectivity index (χ0) is 12.7. The molecule has 1 fully saturated rings. The predicted octanol–water partition coefficient (Wildman–Crippen LogP) is 0.245. The Morgan fingerprint density at radius 3 is 2.82 bits per heavy atom. The van der Waals surface area contributed by atoms with Gasteiger partial charge in [0.2, 0.25) is 0 Å². The number of hydrogen-bond acceptors (Lipinski definition) is 3. The van der Waals surface area contributed by atoms with Gasteiger partial charge >= 0.3 is 12.0 Å². The lowest BCUT2D eigenvalue weighted by molar-refractivity contribution is -0.139. The summed E-state index contributed by atoms with van der Waals surface area (Å²) in [5, 5.41) is 14.7. The topological polar surface area (TPSA) is 81.7 Å². The summed E-state index contributed by atoms with van der Waals surface area (Å²) in [5.41, 5.74) is 0. The van der Waals surface area contributed by atoms with Gasteiger partial charge in [-0.15, -0.1) is 0 Å². The van der Waals surface area contributed by atoms with Crippen LogP contribution in [0.4, 0.5) is 4.79 Å². The van der Waals surface area contributed by atoms with Crippen LogP contribution in [0.5, 0.6) is 0 Å². The van der Waals surface area contributed by atoms with Gasteiger partial charge in [0.15, 0.2) is 0 Å². The molecule has 0 aromatic carbocycles. The maximum absolute atomic E-state index is 11.9. The third kappa shape index (κ3) is 4.60. The molecule has 98 valence electrons. The summed E-state index contributed by atoms with van der Waals surface area (Å²) in [7, 11) is 0. The summed E-state index contributed by atoms with van der Waals surface area (Å²) in [6.07, 6.45) is 2.10. The van der Waals surface area contributed by atoms with Crippen LogP contribution in [0.1, 0.15) is 26.2 Å². The highest BCUT2D eigenvalue weighted by Gasteiger charge is 2.22. The summed E-state index contributed by atoms with van der Waals surface area (Å²) in [4.78, 5) is 24.5. The molecule has 1 rings (SSSR count). The van der Waals surface area contributed by atoms with E-state index in [0.29, 0.717) is 19.5 Å². The largest absolute Gasteiger partial charge is 0.480 e. The Hall–Kier alpha value is -1.30. The van der Waals surface area contributed by atoms with Crippen molar-refractivity contribution < 1.29 is 14.7 Å². The smallest absolute Gasteiger partial charge is 0.326 e. The first-order chi connectivity index (χ1) is 8.15. The lowest BCUT2D eigenvalue weighted by atomic mass is 10.2. The summed E-state index contributed by atoms with van der Waals surface area (Å²) in [5.74, 6) is -0.965. The second-order valence-corrected chi connectivity index (χ2v) is 4.22. The molecular weight excluding hydrogens is 222 g/mol. The van der Waals surface area contributed by atoms with Gasteiger partial charge in [0.05, 0.1) is 0 Å². The molecule has 1 aliphatic heterocycles. The maximum Gasteiger partial charge on any atom is 0.326 e. The van der Waals surface area contributed by atoms with E-state index >= 15 is 0 Å². The minimum absolute atomic E-state index is 0.269. The number of aliphatic carboxylic acids is 1. The average Bonchev–Trinajstić information content (AvgIpc) is 2.56. The van der Waals surface area contributed by atoms with E-state index in [0.717, 1.165) is 25.9 Å². The summed E-state index contributed by atoms with van der Waals surface area (Å²) in [6, 6.07) is -1.04. The molecule has 1 unspecified atom stereocenters. The van der Waals surface area contributed by atoms with Crippen LogP contribution >= 0.6 is 0 Å². The van der Waals surface area contributed by atoms with Gasteiger partial charge in [0, 0.05) is 19.6 Å². The number of carbonyl (C=O) groups is 2. The summed E-state index contributed by atoms with van der Waals surface area (Å²) >= 11 is 0. The average molecular weight is 243 g/mol. The number of amides is 2. The standard InChI is InChI=1S/C11H21N3O3/c1-2-4-9(10(15)16)13-11(17)14-7-3-5-12-6-8-14/h9,12H,2-8H2,1H3,(H,13,17)(H,15,16). The Morgan fingerprint density at radius 2 is 2.18 bits per heavy atom. The number of rotatable bonds is 4. The molecule has 0 bridgehead atoms. The third-order valence-corrected chi connectivity index (χ3v) is 2.80. The van der Waals surface area contributed by atoms with Crippen molar-refractivity contribution in [3.05, 3.63) is 0 Å². The highest BCUT2D eigenvalue weighted by molar-refractivity contribution is 5.82. The first-order valence-corrected chi connectivity index (χ1v) is 6.14. The molecule has 0 aromatic heterocycles. The fourth-order valence-corrected chi connectivity index (χ4v) is 1.84. The van der Waals surface area contributed by atoms with E-state index in [2.05, 4.69) is 10.6 Å². The van der Waals surface area contributed by atoms with E-state index in [4.69, 9.17) is 5.11 Å². The van der Waals surface area contributed by atoms with Crippen molar-refractivity contribution in [1.82, 2.24) is 15.5 Å². The molecule has 0 aromatic rings. The molecule has 1 saturated heterocycles. The fourth-order valence-electron chi connectivity index (χ4n) is 1.84. The Balaban J connectivity index is 2.47. The van der Waals surface area contributed by atoms with Crippen LogP contribution in [-0.2, 0) is 4.79 Å². The van der Waals surface area contributed by atoms with Crippen molar-refractivity contribution in [1.29, 1.82) is 0 Å². The van der Waals surface area contributed by atoms with Crippen molar-refractivity contribution in [2.24, 2.45) is 0 Å². The zero-order valence-electron chi connectivity index (χ0n) is 10.2. The maximum atomic E-state index is 11.9. The van der Waals surface area contributed by atoms with E-state index in [1.807, 2.05) is 6.92 Å². The molecule has 17 heavy (non-hydrogen) atoms. The van der Waals surface area contributed by atoms with Crippen molar-refractivity contribution in [3.8, 4) is 0 Å². The van der Waals surface area contributed by atoms with Crippen LogP contribution in [0.3, 0.4) is 0 Å². The van der Waals surface area contributed by atoms with E-state index in [9.17, 15) is 9.59 Å². The first-order valence-electron chi connectivity index (χ1n) is 6.14. The van der Waals surface area contributed by atoms with E-state index in [1.54, 1.807) is 4.90 Å². The lowest BCUT2D eigenvalue weighted by Gasteiger charge is -2.23. The molecule has 1 heterocycles. The Labute approximate surface area is 101 Å². The van der Waals surface area contributed by atoms with Gasteiger partial charge in [-0.2, -0.15) is 0 Å². The van der Waals surface area contributed by atoms with Crippen molar-refractivity contribution in [2.75, 3.05) is 26.2 Å². The van der Waals surface area contributed by atoms with Crippen LogP contribution in [0.25, 0.3) is 0 Å². The van der Waals surface area contributed by atoms with Crippen molar-refractivity contribution in [3.63, 3.8) is 0 Å². The van der Waals surface area contributed by atoms with Crippen LogP contribution in [-0.4, -0.2) is 54.2 Å². The second kappa shape index (κ2) is 7.11. The number of carboxylic acids is 1. The van der Waals surface area contributed by atoms with Crippen LogP contribution in [0.15, 0.2) is 0 Å². The van der Waals surface area contributed by atoms with Crippen molar-refractivity contribution in [2.45, 2.75) is 32.2 Å². The van der Waals surface area contributed by atoms with Crippen LogP contribution in [0.2, 0.25) is 0 Å². The first kappa shape index (κ1) is 13.8. The lowest BCUT2D eigenvalue weighted by Crippen LogP contribution is -2.48.